The van der Waals surface area contributed by atoms with E-state index in [2.05, 4.69) is 10.6 Å². The second-order valence-electron chi connectivity index (χ2n) is 6.09. The maximum atomic E-state index is 13.1. The van der Waals surface area contributed by atoms with Gasteiger partial charge in [0.2, 0.25) is 11.8 Å². The van der Waals surface area contributed by atoms with Gasteiger partial charge in [-0.15, -0.1) is 11.3 Å². The summed E-state index contributed by atoms with van der Waals surface area (Å²) in [7, 11) is 0. The molecular weight excluding hydrogens is 367 g/mol. The molecule has 0 aliphatic rings. The van der Waals surface area contributed by atoms with Crippen LogP contribution in [0.15, 0.2) is 54.6 Å². The number of hydrogen-bond donors (Lipinski definition) is 3. The van der Waals surface area contributed by atoms with Gasteiger partial charge in [-0.25, -0.2) is 4.39 Å². The normalized spacial score (nSPS) is 11.9. The number of rotatable bonds is 7. The van der Waals surface area contributed by atoms with Crippen LogP contribution in [0.1, 0.15) is 16.5 Å². The lowest BCUT2D eigenvalue weighted by Gasteiger charge is -2.11. The van der Waals surface area contributed by atoms with Gasteiger partial charge in [0.05, 0.1) is 13.0 Å². The molecule has 1 heterocycles. The Hall–Kier alpha value is -2.77. The van der Waals surface area contributed by atoms with Crippen molar-refractivity contribution in [1.82, 2.24) is 10.6 Å². The number of aliphatic hydroxyl groups is 1. The molecule has 0 saturated heterocycles. The maximum absolute atomic E-state index is 13.1. The lowest BCUT2D eigenvalue weighted by Crippen LogP contribution is -2.39. The van der Waals surface area contributed by atoms with Gasteiger partial charge in [-0.05, 0) is 35.2 Å². The first-order valence-electron chi connectivity index (χ1n) is 8.45. The average Bonchev–Trinajstić information content (AvgIpc) is 3.09. The first kappa shape index (κ1) is 19.0. The molecule has 1 atom stereocenters. The standard InChI is InChI=1S/C20H19FN2O3S/c21-15-6-3-4-13(8-15)9-19(25)23-12-20(26)22-11-16(24)18-10-14-5-1-2-7-17(14)27-18/h1-8,10,16,24H,9,11-12H2,(H,22,26)(H,23,25)/t16-/m1/s1. The molecule has 5 nitrogen and oxygen atoms in total. The summed E-state index contributed by atoms with van der Waals surface area (Å²) in [6.45, 7) is -0.140. The third-order valence-electron chi connectivity index (χ3n) is 3.97. The number of carbonyl (C=O) groups is 2. The Morgan fingerprint density at radius 3 is 2.63 bits per heavy atom. The van der Waals surface area contributed by atoms with E-state index in [0.717, 1.165) is 15.0 Å². The van der Waals surface area contributed by atoms with Crippen molar-refractivity contribution in [3.8, 4) is 0 Å². The van der Waals surface area contributed by atoms with E-state index in [9.17, 15) is 19.1 Å². The fraction of sp³-hybridized carbons (Fsp3) is 0.200. The SMILES string of the molecule is O=C(CNC(=O)Cc1cccc(F)c1)NC[C@@H](O)c1cc2ccccc2s1. The second kappa shape index (κ2) is 8.75. The van der Waals surface area contributed by atoms with Crippen molar-refractivity contribution in [2.24, 2.45) is 0 Å². The van der Waals surface area contributed by atoms with Crippen molar-refractivity contribution >= 4 is 33.2 Å². The number of fused-ring (bicyclic) bond motifs is 1. The maximum Gasteiger partial charge on any atom is 0.239 e. The molecule has 0 bridgehead atoms. The van der Waals surface area contributed by atoms with E-state index in [4.69, 9.17) is 0 Å². The second-order valence-corrected chi connectivity index (χ2v) is 7.21. The van der Waals surface area contributed by atoms with Crippen LogP contribution in [0.5, 0.6) is 0 Å². The highest BCUT2D eigenvalue weighted by Gasteiger charge is 2.13. The molecule has 0 radical (unpaired) electrons. The van der Waals surface area contributed by atoms with Crippen LogP contribution < -0.4 is 10.6 Å². The molecule has 3 rings (SSSR count). The summed E-state index contributed by atoms with van der Waals surface area (Å²) in [5.41, 5.74) is 0.535. The van der Waals surface area contributed by atoms with Gasteiger partial charge in [-0.2, -0.15) is 0 Å². The number of benzene rings is 2. The third kappa shape index (κ3) is 5.35. The molecule has 2 aromatic carbocycles. The van der Waals surface area contributed by atoms with E-state index in [0.29, 0.717) is 5.56 Å². The zero-order valence-corrected chi connectivity index (χ0v) is 15.3. The molecule has 0 unspecified atom stereocenters. The number of halogens is 1. The molecule has 0 spiro atoms. The fourth-order valence-corrected chi connectivity index (χ4v) is 3.66. The monoisotopic (exact) mass is 386 g/mol. The molecule has 3 N–H and O–H groups in total. The number of nitrogens with one attached hydrogen (secondary N) is 2. The van der Waals surface area contributed by atoms with Crippen molar-refractivity contribution in [3.05, 3.63) is 70.9 Å². The predicted octanol–water partition coefficient (Wildman–Crippen LogP) is 2.55. The molecular formula is C20H19FN2O3S. The summed E-state index contributed by atoms with van der Waals surface area (Å²) >= 11 is 1.48. The molecule has 2 amide bonds. The summed E-state index contributed by atoms with van der Waals surface area (Å²) < 4.78 is 14.2. The van der Waals surface area contributed by atoms with Crippen LogP contribution in [-0.2, 0) is 16.0 Å². The Balaban J connectivity index is 1.43. The van der Waals surface area contributed by atoms with Gasteiger partial charge in [0, 0.05) is 16.1 Å². The molecule has 0 fully saturated rings. The van der Waals surface area contributed by atoms with E-state index < -0.39 is 17.8 Å². The lowest BCUT2D eigenvalue weighted by molar-refractivity contribution is -0.126. The zero-order chi connectivity index (χ0) is 19.2. The van der Waals surface area contributed by atoms with Crippen molar-refractivity contribution in [2.75, 3.05) is 13.1 Å². The summed E-state index contributed by atoms with van der Waals surface area (Å²) in [4.78, 5) is 24.5. The number of thiophene rings is 1. The van der Waals surface area contributed by atoms with E-state index >= 15 is 0 Å². The Kier molecular flexibility index (Phi) is 6.16. The zero-order valence-electron chi connectivity index (χ0n) is 14.4. The molecule has 3 aromatic rings. The largest absolute Gasteiger partial charge is 0.386 e. The Bertz CT molecular complexity index is 924. The van der Waals surface area contributed by atoms with Crippen molar-refractivity contribution in [3.63, 3.8) is 0 Å². The summed E-state index contributed by atoms with van der Waals surface area (Å²) in [5.74, 6) is -1.18. The summed E-state index contributed by atoms with van der Waals surface area (Å²) in [5, 5.41) is 16.4. The van der Waals surface area contributed by atoms with E-state index in [1.807, 2.05) is 30.3 Å². The number of carbonyl (C=O) groups excluding carboxylic acids is 2. The Morgan fingerprint density at radius 2 is 1.85 bits per heavy atom. The summed E-state index contributed by atoms with van der Waals surface area (Å²) in [6.07, 6.45) is -0.815. The number of amides is 2. The minimum Gasteiger partial charge on any atom is -0.386 e. The fourth-order valence-electron chi connectivity index (χ4n) is 2.61. The highest BCUT2D eigenvalue weighted by molar-refractivity contribution is 7.19. The van der Waals surface area contributed by atoms with Crippen LogP contribution in [0.25, 0.3) is 10.1 Å². The van der Waals surface area contributed by atoms with Crippen molar-refractivity contribution in [2.45, 2.75) is 12.5 Å². The van der Waals surface area contributed by atoms with Crippen LogP contribution in [0.3, 0.4) is 0 Å². The van der Waals surface area contributed by atoms with Crippen LogP contribution in [-0.4, -0.2) is 30.0 Å². The molecule has 0 aliphatic carbocycles. The van der Waals surface area contributed by atoms with Gasteiger partial charge in [0.25, 0.3) is 0 Å². The first-order chi connectivity index (χ1) is 13.0. The highest BCUT2D eigenvalue weighted by Crippen LogP contribution is 2.29. The van der Waals surface area contributed by atoms with Crippen LogP contribution in [0.2, 0.25) is 0 Å². The predicted molar refractivity (Wildman–Crippen MR) is 103 cm³/mol. The Morgan fingerprint density at radius 1 is 1.04 bits per heavy atom. The Labute approximate surface area is 159 Å². The van der Waals surface area contributed by atoms with Gasteiger partial charge in [0.1, 0.15) is 11.9 Å². The van der Waals surface area contributed by atoms with Crippen molar-refractivity contribution in [1.29, 1.82) is 0 Å². The molecule has 27 heavy (non-hydrogen) atoms. The van der Waals surface area contributed by atoms with Gasteiger partial charge in [-0.1, -0.05) is 30.3 Å². The van der Waals surface area contributed by atoms with Crippen molar-refractivity contribution < 1.29 is 19.1 Å². The van der Waals surface area contributed by atoms with Crippen LogP contribution in [0.4, 0.5) is 4.39 Å². The quantitative estimate of drug-likeness (QED) is 0.584. The van der Waals surface area contributed by atoms with E-state index in [-0.39, 0.29) is 25.4 Å². The summed E-state index contributed by atoms with van der Waals surface area (Å²) in [6, 6.07) is 15.5. The minimum atomic E-state index is -0.811. The average molecular weight is 386 g/mol. The third-order valence-corrected chi connectivity index (χ3v) is 5.18. The van der Waals surface area contributed by atoms with Crippen LogP contribution >= 0.6 is 11.3 Å². The number of hydrogen-bond acceptors (Lipinski definition) is 4. The van der Waals surface area contributed by atoms with E-state index in [1.54, 1.807) is 6.07 Å². The molecule has 1 aromatic heterocycles. The van der Waals surface area contributed by atoms with Gasteiger partial charge >= 0.3 is 0 Å². The lowest BCUT2D eigenvalue weighted by atomic mass is 10.1. The van der Waals surface area contributed by atoms with E-state index in [1.165, 1.54) is 29.5 Å². The number of aliphatic hydroxyl groups excluding tert-OH is 1. The highest BCUT2D eigenvalue weighted by atomic mass is 32.1. The van der Waals surface area contributed by atoms with Gasteiger partial charge < -0.3 is 15.7 Å². The molecule has 140 valence electrons. The molecule has 0 saturated carbocycles. The smallest absolute Gasteiger partial charge is 0.239 e. The molecule has 0 aliphatic heterocycles. The molecule has 7 heteroatoms. The minimum absolute atomic E-state index is 0.00451. The van der Waals surface area contributed by atoms with Gasteiger partial charge in [0.15, 0.2) is 0 Å². The van der Waals surface area contributed by atoms with Crippen LogP contribution in [0, 0.1) is 5.82 Å². The first-order valence-corrected chi connectivity index (χ1v) is 9.27. The van der Waals surface area contributed by atoms with Gasteiger partial charge in [-0.3, -0.25) is 9.59 Å². The topological polar surface area (TPSA) is 78.4 Å².